The Labute approximate surface area is 148 Å². The number of nitrogens with zero attached hydrogens (tertiary/aromatic N) is 6. The molecule has 2 aliphatic heterocycles. The Bertz CT molecular complexity index is 927. The SMILES string of the molecule is N#CC1=CC2N=C(C(O)C(O)C3=NC4C=C(C#N)C=CC4=N3)N=C2C=C1. The molecule has 0 amide bonds. The quantitative estimate of drug-likeness (QED) is 0.755. The van der Waals surface area contributed by atoms with Crippen molar-refractivity contribution in [2.75, 3.05) is 0 Å². The number of aliphatic imine (C=N–C) groups is 4. The second-order valence-electron chi connectivity index (χ2n) is 5.96. The van der Waals surface area contributed by atoms with E-state index in [0.29, 0.717) is 22.6 Å². The van der Waals surface area contributed by atoms with Gasteiger partial charge in [0.1, 0.15) is 24.3 Å². The summed E-state index contributed by atoms with van der Waals surface area (Å²) in [5.74, 6) is 0.137. The van der Waals surface area contributed by atoms with Crippen LogP contribution < -0.4 is 0 Å². The highest BCUT2D eigenvalue weighted by Crippen LogP contribution is 2.22. The van der Waals surface area contributed by atoms with Crippen molar-refractivity contribution in [3.63, 3.8) is 0 Å². The van der Waals surface area contributed by atoms with E-state index in [2.05, 4.69) is 20.0 Å². The summed E-state index contributed by atoms with van der Waals surface area (Å²) in [4.78, 5) is 17.0. The minimum absolute atomic E-state index is 0.0687. The summed E-state index contributed by atoms with van der Waals surface area (Å²) in [6.07, 6.45) is 7.08. The second-order valence-corrected chi connectivity index (χ2v) is 5.96. The molecule has 0 aromatic heterocycles. The van der Waals surface area contributed by atoms with Crippen molar-refractivity contribution in [3.05, 3.63) is 47.6 Å². The highest BCUT2D eigenvalue weighted by atomic mass is 16.3. The van der Waals surface area contributed by atoms with Gasteiger partial charge in [0.2, 0.25) is 0 Å². The molecule has 0 aromatic carbocycles. The van der Waals surface area contributed by atoms with E-state index in [4.69, 9.17) is 10.5 Å². The number of aliphatic hydroxyl groups excluding tert-OH is 2. The fourth-order valence-corrected chi connectivity index (χ4v) is 2.91. The van der Waals surface area contributed by atoms with Crippen molar-refractivity contribution in [1.29, 1.82) is 10.5 Å². The minimum atomic E-state index is -1.40. The third-order valence-electron chi connectivity index (χ3n) is 4.26. The highest BCUT2D eigenvalue weighted by Gasteiger charge is 2.35. The van der Waals surface area contributed by atoms with Gasteiger partial charge in [-0.25, -0.2) is 9.98 Å². The Kier molecular flexibility index (Phi) is 3.77. The molecule has 0 spiro atoms. The number of hydrogen-bond acceptors (Lipinski definition) is 8. The zero-order valence-corrected chi connectivity index (χ0v) is 13.4. The maximum Gasteiger partial charge on any atom is 0.156 e. The molecule has 4 rings (SSSR count). The van der Waals surface area contributed by atoms with Crippen LogP contribution in [0, 0.1) is 22.7 Å². The molecule has 4 atom stereocenters. The molecule has 126 valence electrons. The van der Waals surface area contributed by atoms with Crippen LogP contribution in [0.25, 0.3) is 0 Å². The topological polar surface area (TPSA) is 137 Å². The van der Waals surface area contributed by atoms with Gasteiger partial charge in [-0.05, 0) is 36.5 Å². The maximum atomic E-state index is 10.4. The first-order valence-electron chi connectivity index (χ1n) is 7.88. The first-order chi connectivity index (χ1) is 12.6. The Morgan fingerprint density at radius 2 is 1.19 bits per heavy atom. The van der Waals surface area contributed by atoms with Crippen molar-refractivity contribution in [2.24, 2.45) is 20.0 Å². The average Bonchev–Trinajstić information content (AvgIpc) is 3.29. The van der Waals surface area contributed by atoms with E-state index in [9.17, 15) is 10.2 Å². The molecule has 0 fully saturated rings. The van der Waals surface area contributed by atoms with E-state index in [1.807, 2.05) is 12.1 Å². The van der Waals surface area contributed by atoms with E-state index >= 15 is 0 Å². The minimum Gasteiger partial charge on any atom is -0.382 e. The van der Waals surface area contributed by atoms with Gasteiger partial charge >= 0.3 is 0 Å². The molecule has 0 saturated carbocycles. The first kappa shape index (κ1) is 16.0. The molecule has 4 aliphatic rings. The third-order valence-corrected chi connectivity index (χ3v) is 4.26. The van der Waals surface area contributed by atoms with Gasteiger partial charge in [0, 0.05) is 0 Å². The van der Waals surface area contributed by atoms with Crippen LogP contribution in [0.2, 0.25) is 0 Å². The number of nitriles is 2. The van der Waals surface area contributed by atoms with Gasteiger partial charge in [-0.15, -0.1) is 0 Å². The smallest absolute Gasteiger partial charge is 0.156 e. The Morgan fingerprint density at radius 3 is 1.58 bits per heavy atom. The summed E-state index contributed by atoms with van der Waals surface area (Å²) >= 11 is 0. The molecule has 0 radical (unpaired) electrons. The van der Waals surface area contributed by atoms with Crippen LogP contribution in [0.3, 0.4) is 0 Å². The van der Waals surface area contributed by atoms with E-state index in [1.165, 1.54) is 0 Å². The summed E-state index contributed by atoms with van der Waals surface area (Å²) in [5.41, 5.74) is 2.14. The highest BCUT2D eigenvalue weighted by molar-refractivity contribution is 6.17. The lowest BCUT2D eigenvalue weighted by Gasteiger charge is -2.14. The van der Waals surface area contributed by atoms with Gasteiger partial charge < -0.3 is 10.2 Å². The molecular weight excluding hydrogens is 332 g/mol. The Morgan fingerprint density at radius 1 is 0.769 bits per heavy atom. The summed E-state index contributed by atoms with van der Waals surface area (Å²) in [7, 11) is 0. The number of fused-ring (bicyclic) bond motifs is 2. The first-order valence-corrected chi connectivity index (χ1v) is 7.88. The number of amidine groups is 2. The fraction of sp³-hybridized carbons (Fsp3) is 0.222. The molecule has 8 nitrogen and oxygen atoms in total. The van der Waals surface area contributed by atoms with Gasteiger partial charge in [-0.2, -0.15) is 10.5 Å². The standard InChI is InChI=1S/C18H12N6O2/c19-7-9-1-3-11-13(5-9)23-17(21-11)15(25)16(26)18-22-12-4-2-10(8-20)6-14(12)24-18/h1-6,13-16,25-26H. The van der Waals surface area contributed by atoms with Gasteiger partial charge in [0.25, 0.3) is 0 Å². The molecule has 2 N–H and O–H groups in total. The zero-order valence-electron chi connectivity index (χ0n) is 13.4. The number of aliphatic hydroxyl groups is 2. The van der Waals surface area contributed by atoms with Crippen LogP contribution in [0.5, 0.6) is 0 Å². The molecule has 0 saturated heterocycles. The molecule has 2 heterocycles. The molecule has 0 bridgehead atoms. The summed E-state index contributed by atoms with van der Waals surface area (Å²) in [5, 5.41) is 38.8. The predicted molar refractivity (Wildman–Crippen MR) is 95.0 cm³/mol. The van der Waals surface area contributed by atoms with Gasteiger partial charge in [0.05, 0.1) is 34.7 Å². The summed E-state index contributed by atoms with van der Waals surface area (Å²) in [6.45, 7) is 0. The van der Waals surface area contributed by atoms with E-state index < -0.39 is 24.3 Å². The van der Waals surface area contributed by atoms with Crippen molar-refractivity contribution in [3.8, 4) is 12.1 Å². The summed E-state index contributed by atoms with van der Waals surface area (Å²) < 4.78 is 0. The van der Waals surface area contributed by atoms with Gasteiger partial charge in [0.15, 0.2) is 11.7 Å². The predicted octanol–water partition coefficient (Wildman–Crippen LogP) is 0.191. The fourth-order valence-electron chi connectivity index (χ4n) is 2.91. The average molecular weight is 344 g/mol. The number of allylic oxidation sites excluding steroid dienone is 4. The normalized spacial score (nSPS) is 27.5. The Hall–Kier alpha value is -3.46. The third kappa shape index (κ3) is 2.64. The molecule has 26 heavy (non-hydrogen) atoms. The van der Waals surface area contributed by atoms with Crippen LogP contribution in [-0.2, 0) is 0 Å². The zero-order chi connectivity index (χ0) is 18.3. The molecule has 0 aromatic rings. The van der Waals surface area contributed by atoms with E-state index in [-0.39, 0.29) is 11.7 Å². The molecule has 8 heteroatoms. The van der Waals surface area contributed by atoms with Crippen molar-refractivity contribution >= 4 is 23.1 Å². The number of rotatable bonds is 3. The van der Waals surface area contributed by atoms with Crippen molar-refractivity contribution in [1.82, 2.24) is 0 Å². The van der Waals surface area contributed by atoms with Crippen LogP contribution in [0.4, 0.5) is 0 Å². The van der Waals surface area contributed by atoms with Crippen molar-refractivity contribution < 1.29 is 10.2 Å². The van der Waals surface area contributed by atoms with Gasteiger partial charge in [-0.3, -0.25) is 9.98 Å². The largest absolute Gasteiger partial charge is 0.382 e. The lowest BCUT2D eigenvalue weighted by molar-refractivity contribution is 0.104. The van der Waals surface area contributed by atoms with Crippen LogP contribution >= 0.6 is 0 Å². The monoisotopic (exact) mass is 344 g/mol. The van der Waals surface area contributed by atoms with Crippen LogP contribution in [-0.4, -0.2) is 57.6 Å². The summed E-state index contributed by atoms with van der Waals surface area (Å²) in [6, 6.07) is 3.19. The molecule has 4 unspecified atom stereocenters. The molecular formula is C18H12N6O2. The van der Waals surface area contributed by atoms with E-state index in [1.54, 1.807) is 36.5 Å². The lowest BCUT2D eigenvalue weighted by Crippen LogP contribution is -2.37. The van der Waals surface area contributed by atoms with Crippen LogP contribution in [0.1, 0.15) is 0 Å². The lowest BCUT2D eigenvalue weighted by atomic mass is 10.0. The number of hydrogen-bond donors (Lipinski definition) is 2. The Balaban J connectivity index is 1.55. The second kappa shape index (κ2) is 6.12. The van der Waals surface area contributed by atoms with Crippen molar-refractivity contribution in [2.45, 2.75) is 24.3 Å². The van der Waals surface area contributed by atoms with E-state index in [0.717, 1.165) is 0 Å². The molecule has 2 aliphatic carbocycles. The maximum absolute atomic E-state index is 10.4. The van der Waals surface area contributed by atoms with Crippen LogP contribution in [0.15, 0.2) is 67.6 Å². The van der Waals surface area contributed by atoms with Gasteiger partial charge in [-0.1, -0.05) is 0 Å².